The standard InChI is InChI=1S/C12H17N5O5/c1-16-4-17(10-7(16)11(21)15-12(13)14-10)2-5-8(19)9(20)6(3-18)22-5/h4-6,8-9,18-20H,2-3H2,1H3,(H2-,13,14,15,21)/p+1/t5-,6+,8+,9?/m0/s1. The van der Waals surface area contributed by atoms with Gasteiger partial charge in [-0.3, -0.25) is 14.3 Å². The Morgan fingerprint density at radius 3 is 2.77 bits per heavy atom. The van der Waals surface area contributed by atoms with E-state index in [1.165, 1.54) is 0 Å². The van der Waals surface area contributed by atoms with E-state index in [9.17, 15) is 15.0 Å². The zero-order valence-electron chi connectivity index (χ0n) is 11.9. The van der Waals surface area contributed by atoms with Crippen LogP contribution < -0.4 is 15.9 Å². The van der Waals surface area contributed by atoms with Gasteiger partial charge < -0.3 is 25.8 Å². The second-order valence-electron chi connectivity index (χ2n) is 5.38. The number of nitrogens with one attached hydrogen (secondary N) is 1. The first-order valence-electron chi connectivity index (χ1n) is 6.79. The van der Waals surface area contributed by atoms with Gasteiger partial charge >= 0.3 is 5.65 Å². The molecule has 1 saturated heterocycles. The molecule has 0 spiro atoms. The van der Waals surface area contributed by atoms with E-state index in [4.69, 9.17) is 15.6 Å². The molecule has 6 N–H and O–H groups in total. The summed E-state index contributed by atoms with van der Waals surface area (Å²) in [4.78, 5) is 18.4. The van der Waals surface area contributed by atoms with Crippen molar-refractivity contribution in [3.8, 4) is 0 Å². The minimum absolute atomic E-state index is 0.0152. The lowest BCUT2D eigenvalue weighted by molar-refractivity contribution is -0.682. The second kappa shape index (κ2) is 5.32. The summed E-state index contributed by atoms with van der Waals surface area (Å²) in [6.07, 6.45) is -2.24. The lowest BCUT2D eigenvalue weighted by Gasteiger charge is -2.12. The number of fused-ring (bicyclic) bond motifs is 1. The highest BCUT2D eigenvalue weighted by Gasteiger charge is 2.43. The van der Waals surface area contributed by atoms with E-state index in [0.717, 1.165) is 0 Å². The fourth-order valence-corrected chi connectivity index (χ4v) is 2.77. The molecule has 1 aliphatic heterocycles. The number of nitrogens with zero attached hydrogens (tertiary/aromatic N) is 3. The lowest BCUT2D eigenvalue weighted by Crippen LogP contribution is -2.44. The first kappa shape index (κ1) is 14.9. The van der Waals surface area contributed by atoms with Gasteiger partial charge in [0.2, 0.25) is 5.52 Å². The van der Waals surface area contributed by atoms with E-state index >= 15 is 0 Å². The van der Waals surface area contributed by atoms with Gasteiger partial charge in [-0.2, -0.15) is 0 Å². The third-order valence-corrected chi connectivity index (χ3v) is 3.85. The number of aliphatic hydroxyl groups is 3. The summed E-state index contributed by atoms with van der Waals surface area (Å²) < 4.78 is 8.63. The average molecular weight is 312 g/mol. The van der Waals surface area contributed by atoms with E-state index < -0.39 is 24.4 Å². The summed E-state index contributed by atoms with van der Waals surface area (Å²) in [6.45, 7) is -0.234. The number of nitrogen functional groups attached to an aromatic ring is 1. The molecule has 3 rings (SSSR count). The smallest absolute Gasteiger partial charge is 0.311 e. The van der Waals surface area contributed by atoms with Crippen molar-refractivity contribution in [2.24, 2.45) is 7.05 Å². The number of aromatic nitrogens is 4. The summed E-state index contributed by atoms with van der Waals surface area (Å²) in [5.41, 5.74) is 5.87. The van der Waals surface area contributed by atoms with Gasteiger partial charge in [-0.1, -0.05) is 4.98 Å². The molecule has 22 heavy (non-hydrogen) atoms. The predicted octanol–water partition coefficient (Wildman–Crippen LogP) is -3.39. The Morgan fingerprint density at radius 2 is 2.14 bits per heavy atom. The van der Waals surface area contributed by atoms with E-state index in [1.807, 2.05) is 0 Å². The molecule has 2 aromatic rings. The van der Waals surface area contributed by atoms with Crippen LogP contribution in [0.1, 0.15) is 0 Å². The van der Waals surface area contributed by atoms with Crippen LogP contribution in [0.2, 0.25) is 0 Å². The van der Waals surface area contributed by atoms with E-state index in [0.29, 0.717) is 11.2 Å². The maximum absolute atomic E-state index is 11.9. The summed E-state index contributed by atoms with van der Waals surface area (Å²) in [7, 11) is 1.68. The number of aliphatic hydroxyl groups excluding tert-OH is 3. The van der Waals surface area contributed by atoms with Gasteiger partial charge in [-0.15, -0.1) is 0 Å². The SMILES string of the molecule is Cn1c[n+](C[C@@H]2O[C@H](CO)C(O)[C@@H]2O)c2nc(N)[nH]c(=O)c21. The third kappa shape index (κ3) is 2.25. The van der Waals surface area contributed by atoms with Crippen molar-refractivity contribution in [1.29, 1.82) is 0 Å². The minimum atomic E-state index is -1.16. The third-order valence-electron chi connectivity index (χ3n) is 3.85. The number of anilines is 1. The molecule has 1 unspecified atom stereocenters. The molecule has 0 aliphatic carbocycles. The van der Waals surface area contributed by atoms with E-state index in [-0.39, 0.29) is 24.7 Å². The number of hydrogen-bond acceptors (Lipinski definition) is 7. The van der Waals surface area contributed by atoms with Gasteiger partial charge in [0.15, 0.2) is 6.33 Å². The zero-order valence-corrected chi connectivity index (χ0v) is 11.9. The van der Waals surface area contributed by atoms with Gasteiger partial charge in [0.25, 0.3) is 11.5 Å². The van der Waals surface area contributed by atoms with Crippen LogP contribution in [-0.2, 0) is 18.3 Å². The molecular formula is C12H18N5O5+. The second-order valence-corrected chi connectivity index (χ2v) is 5.38. The molecule has 1 fully saturated rings. The maximum atomic E-state index is 11.9. The zero-order chi connectivity index (χ0) is 16.0. The molecule has 0 saturated carbocycles. The molecule has 4 atom stereocenters. The topological polar surface area (TPSA) is 150 Å². The quantitative estimate of drug-likeness (QED) is 0.371. The highest BCUT2D eigenvalue weighted by molar-refractivity contribution is 5.66. The van der Waals surface area contributed by atoms with Crippen molar-refractivity contribution in [2.75, 3.05) is 12.3 Å². The summed E-state index contributed by atoms with van der Waals surface area (Å²) >= 11 is 0. The van der Waals surface area contributed by atoms with Crippen molar-refractivity contribution in [1.82, 2.24) is 14.5 Å². The number of imidazole rings is 1. The van der Waals surface area contributed by atoms with Crippen LogP contribution in [-0.4, -0.2) is 60.9 Å². The van der Waals surface area contributed by atoms with Gasteiger partial charge in [0.1, 0.15) is 31.0 Å². The molecular weight excluding hydrogens is 294 g/mol. The molecule has 0 amide bonds. The predicted molar refractivity (Wildman–Crippen MR) is 73.7 cm³/mol. The normalized spacial score (nSPS) is 28.5. The van der Waals surface area contributed by atoms with Crippen LogP contribution in [0.5, 0.6) is 0 Å². The van der Waals surface area contributed by atoms with E-state index in [1.54, 1.807) is 22.5 Å². The number of nitrogens with two attached hydrogens (primary N) is 1. The fourth-order valence-electron chi connectivity index (χ4n) is 2.77. The molecule has 0 radical (unpaired) electrons. The van der Waals surface area contributed by atoms with Gasteiger partial charge in [0, 0.05) is 0 Å². The van der Waals surface area contributed by atoms with E-state index in [2.05, 4.69) is 9.97 Å². The molecule has 2 aromatic heterocycles. The molecule has 10 heteroatoms. The average Bonchev–Trinajstić information content (AvgIpc) is 2.91. The van der Waals surface area contributed by atoms with Crippen molar-refractivity contribution >= 4 is 17.1 Å². The summed E-state index contributed by atoms with van der Waals surface area (Å²) in [6, 6.07) is 0. The number of aryl methyl sites for hydroxylation is 1. The van der Waals surface area contributed by atoms with Crippen molar-refractivity contribution in [3.05, 3.63) is 16.7 Å². The number of ether oxygens (including phenoxy) is 1. The number of rotatable bonds is 3. The minimum Gasteiger partial charge on any atom is -0.394 e. The molecule has 0 aromatic carbocycles. The number of H-pyrrole nitrogens is 1. The van der Waals surface area contributed by atoms with Gasteiger partial charge in [0.05, 0.1) is 13.7 Å². The molecule has 3 heterocycles. The Morgan fingerprint density at radius 1 is 1.45 bits per heavy atom. The van der Waals surface area contributed by atoms with Crippen LogP contribution in [0.4, 0.5) is 5.95 Å². The number of aromatic amines is 1. The molecule has 1 aliphatic rings. The Kier molecular flexibility index (Phi) is 3.60. The van der Waals surface area contributed by atoms with Crippen molar-refractivity contribution in [3.63, 3.8) is 0 Å². The Bertz CT molecular complexity index is 756. The summed E-state index contributed by atoms with van der Waals surface area (Å²) in [5, 5.41) is 28.9. The maximum Gasteiger partial charge on any atom is 0.311 e. The van der Waals surface area contributed by atoms with Gasteiger partial charge in [-0.05, 0) is 0 Å². The van der Waals surface area contributed by atoms with Crippen LogP contribution in [0.15, 0.2) is 11.1 Å². The van der Waals surface area contributed by atoms with Crippen molar-refractivity contribution in [2.45, 2.75) is 31.0 Å². The first-order chi connectivity index (χ1) is 10.4. The largest absolute Gasteiger partial charge is 0.394 e. The van der Waals surface area contributed by atoms with Crippen LogP contribution in [0.3, 0.4) is 0 Å². The Balaban J connectivity index is 1.97. The van der Waals surface area contributed by atoms with Crippen molar-refractivity contribution < 1.29 is 24.6 Å². The highest BCUT2D eigenvalue weighted by atomic mass is 16.6. The highest BCUT2D eigenvalue weighted by Crippen LogP contribution is 2.21. The monoisotopic (exact) mass is 312 g/mol. The molecule has 120 valence electrons. The van der Waals surface area contributed by atoms with Crippen LogP contribution in [0, 0.1) is 0 Å². The van der Waals surface area contributed by atoms with Gasteiger partial charge in [-0.25, -0.2) is 4.57 Å². The lowest BCUT2D eigenvalue weighted by atomic mass is 10.1. The summed E-state index contributed by atoms with van der Waals surface area (Å²) in [5.74, 6) is -0.0152. The Hall–Kier alpha value is -2.01. The van der Waals surface area contributed by atoms with Crippen LogP contribution >= 0.6 is 0 Å². The fraction of sp³-hybridized carbons (Fsp3) is 0.583. The van der Waals surface area contributed by atoms with Crippen LogP contribution in [0.25, 0.3) is 11.2 Å². The number of hydrogen-bond donors (Lipinski definition) is 5. The molecule has 10 nitrogen and oxygen atoms in total. The molecule has 0 bridgehead atoms. The Labute approximate surface area is 124 Å². The first-order valence-corrected chi connectivity index (χ1v) is 6.79.